The summed E-state index contributed by atoms with van der Waals surface area (Å²) in [5.41, 5.74) is 1.15. The van der Waals surface area contributed by atoms with Gasteiger partial charge in [0.15, 0.2) is 6.61 Å². The zero-order valence-corrected chi connectivity index (χ0v) is 16.1. The summed E-state index contributed by atoms with van der Waals surface area (Å²) in [5, 5.41) is 0. The molecule has 1 aromatic carbocycles. The second kappa shape index (κ2) is 8.41. The van der Waals surface area contributed by atoms with Crippen LogP contribution in [0.4, 0.5) is 5.69 Å². The molecule has 0 unspecified atom stereocenters. The fraction of sp³-hybridized carbons (Fsp3) is 0.550. The van der Waals surface area contributed by atoms with Crippen LogP contribution < -0.4 is 9.64 Å². The Bertz CT molecular complexity index is 734. The largest absolute Gasteiger partial charge is 0.482 e. The molecule has 1 fully saturated rings. The Balaban J connectivity index is 1.68. The first-order valence-corrected chi connectivity index (χ1v) is 9.61. The topological polar surface area (TPSA) is 70.2 Å². The first-order chi connectivity index (χ1) is 13.0. The molecular formula is C20H27N3O4. The number of ether oxygens (including phenoxy) is 1. The summed E-state index contributed by atoms with van der Waals surface area (Å²) in [5.74, 6) is 0.574. The van der Waals surface area contributed by atoms with E-state index in [2.05, 4.69) is 6.92 Å². The Labute approximate surface area is 159 Å². The summed E-state index contributed by atoms with van der Waals surface area (Å²) in [6.07, 6.45) is 3.26. The Morgan fingerprint density at radius 2 is 1.85 bits per heavy atom. The quantitative estimate of drug-likeness (QED) is 0.808. The van der Waals surface area contributed by atoms with Crippen LogP contribution in [0.3, 0.4) is 0 Å². The number of likely N-dealkylation sites (N-methyl/N-ethyl adjacent to an activating group) is 1. The van der Waals surface area contributed by atoms with E-state index in [9.17, 15) is 14.4 Å². The molecule has 0 aromatic heterocycles. The van der Waals surface area contributed by atoms with Crippen LogP contribution in [0.15, 0.2) is 18.2 Å². The van der Waals surface area contributed by atoms with Gasteiger partial charge in [-0.15, -0.1) is 0 Å². The van der Waals surface area contributed by atoms with E-state index in [1.54, 1.807) is 30.1 Å². The van der Waals surface area contributed by atoms with Crippen LogP contribution in [0.2, 0.25) is 0 Å². The number of carbonyl (C=O) groups is 3. The molecule has 7 heteroatoms. The summed E-state index contributed by atoms with van der Waals surface area (Å²) in [6, 6.07) is 5.19. The van der Waals surface area contributed by atoms with Gasteiger partial charge in [-0.3, -0.25) is 14.4 Å². The number of amides is 3. The smallest absolute Gasteiger partial charge is 0.264 e. The lowest BCUT2D eigenvalue weighted by Crippen LogP contribution is -2.38. The van der Waals surface area contributed by atoms with Gasteiger partial charge >= 0.3 is 0 Å². The number of unbranched alkanes of at least 4 members (excludes halogenated alkanes) is 1. The zero-order chi connectivity index (χ0) is 19.4. The molecule has 3 amide bonds. The molecule has 2 aliphatic rings. The van der Waals surface area contributed by atoms with Gasteiger partial charge in [0.05, 0.1) is 5.69 Å². The van der Waals surface area contributed by atoms with E-state index in [1.807, 2.05) is 4.90 Å². The van der Waals surface area contributed by atoms with E-state index in [0.717, 1.165) is 19.3 Å². The lowest BCUT2D eigenvalue weighted by atomic mass is 10.1. The number of fused-ring (bicyclic) bond motifs is 1. The van der Waals surface area contributed by atoms with E-state index < -0.39 is 0 Å². The molecule has 1 aromatic rings. The van der Waals surface area contributed by atoms with Crippen molar-refractivity contribution in [1.29, 1.82) is 0 Å². The van der Waals surface area contributed by atoms with E-state index in [0.29, 0.717) is 49.6 Å². The Hall–Kier alpha value is -2.57. The molecule has 0 N–H and O–H groups in total. The van der Waals surface area contributed by atoms with Crippen LogP contribution in [0, 0.1) is 0 Å². The maximum atomic E-state index is 13.0. The van der Waals surface area contributed by atoms with Crippen molar-refractivity contribution in [2.24, 2.45) is 0 Å². The van der Waals surface area contributed by atoms with Crippen LogP contribution >= 0.6 is 0 Å². The number of anilines is 1. The third-order valence-electron chi connectivity index (χ3n) is 5.17. The van der Waals surface area contributed by atoms with Gasteiger partial charge in [-0.25, -0.2) is 0 Å². The fourth-order valence-corrected chi connectivity index (χ4v) is 3.44. The number of hydrogen-bond donors (Lipinski definition) is 0. The van der Waals surface area contributed by atoms with Crippen LogP contribution in [0.25, 0.3) is 0 Å². The molecule has 0 saturated carbocycles. The first-order valence-electron chi connectivity index (χ1n) is 9.61. The van der Waals surface area contributed by atoms with Crippen LogP contribution in [0.1, 0.15) is 43.0 Å². The van der Waals surface area contributed by atoms with Gasteiger partial charge in [-0.2, -0.15) is 0 Å². The van der Waals surface area contributed by atoms with Gasteiger partial charge in [-0.05, 0) is 31.0 Å². The van der Waals surface area contributed by atoms with Crippen LogP contribution in [-0.4, -0.2) is 67.4 Å². The van der Waals surface area contributed by atoms with Crippen molar-refractivity contribution < 1.29 is 19.1 Å². The van der Waals surface area contributed by atoms with Crippen molar-refractivity contribution in [3.8, 4) is 5.75 Å². The van der Waals surface area contributed by atoms with E-state index >= 15 is 0 Å². The number of nitrogens with zero attached hydrogens (tertiary/aromatic N) is 3. The van der Waals surface area contributed by atoms with Crippen molar-refractivity contribution in [2.45, 2.75) is 32.6 Å². The van der Waals surface area contributed by atoms with E-state index in [4.69, 9.17) is 4.74 Å². The number of rotatable bonds is 4. The Kier molecular flexibility index (Phi) is 5.98. The molecule has 27 heavy (non-hydrogen) atoms. The lowest BCUT2D eigenvalue weighted by molar-refractivity contribution is -0.131. The molecule has 7 nitrogen and oxygen atoms in total. The molecule has 1 saturated heterocycles. The summed E-state index contributed by atoms with van der Waals surface area (Å²) in [7, 11) is 1.68. The van der Waals surface area contributed by atoms with Crippen molar-refractivity contribution in [1.82, 2.24) is 9.80 Å². The van der Waals surface area contributed by atoms with E-state index in [1.165, 1.54) is 4.90 Å². The second-order valence-electron chi connectivity index (χ2n) is 7.05. The standard InChI is InChI=1S/C20H27N3O4/c1-3-4-6-18(24)22-9-5-10-23(12-11-22)20(26)15-7-8-17-16(13-15)21(2)19(25)14-27-17/h7-8,13H,3-6,9-12,14H2,1-2H3. The average Bonchev–Trinajstić information content (AvgIpc) is 2.94. The maximum absolute atomic E-state index is 13.0. The minimum absolute atomic E-state index is 0.0187. The van der Waals surface area contributed by atoms with Gasteiger partial charge in [0.1, 0.15) is 5.75 Å². The highest BCUT2D eigenvalue weighted by molar-refractivity contribution is 6.01. The van der Waals surface area contributed by atoms with Gasteiger partial charge in [0.2, 0.25) is 5.91 Å². The van der Waals surface area contributed by atoms with Gasteiger partial charge in [0, 0.05) is 45.2 Å². The van der Waals surface area contributed by atoms with Crippen molar-refractivity contribution in [3.63, 3.8) is 0 Å². The minimum atomic E-state index is -0.136. The Morgan fingerprint density at radius 1 is 1.11 bits per heavy atom. The minimum Gasteiger partial charge on any atom is -0.482 e. The molecule has 146 valence electrons. The van der Waals surface area contributed by atoms with Crippen LogP contribution in [-0.2, 0) is 9.59 Å². The predicted octanol–water partition coefficient (Wildman–Crippen LogP) is 1.91. The summed E-state index contributed by atoms with van der Waals surface area (Å²) < 4.78 is 5.42. The highest BCUT2D eigenvalue weighted by Gasteiger charge is 2.26. The molecule has 3 rings (SSSR count). The normalized spacial score (nSPS) is 17.3. The fourth-order valence-electron chi connectivity index (χ4n) is 3.44. The number of carbonyl (C=O) groups excluding carboxylic acids is 3. The lowest BCUT2D eigenvalue weighted by Gasteiger charge is -2.27. The van der Waals surface area contributed by atoms with Gasteiger partial charge in [-0.1, -0.05) is 13.3 Å². The molecule has 2 heterocycles. The zero-order valence-electron chi connectivity index (χ0n) is 16.1. The molecule has 0 atom stereocenters. The Morgan fingerprint density at radius 3 is 2.63 bits per heavy atom. The van der Waals surface area contributed by atoms with Crippen molar-refractivity contribution in [2.75, 3.05) is 44.7 Å². The average molecular weight is 373 g/mol. The molecule has 0 radical (unpaired) electrons. The molecule has 0 aliphatic carbocycles. The highest BCUT2D eigenvalue weighted by Crippen LogP contribution is 2.32. The van der Waals surface area contributed by atoms with E-state index in [-0.39, 0.29) is 24.3 Å². The van der Waals surface area contributed by atoms with Gasteiger partial charge in [0.25, 0.3) is 11.8 Å². The number of benzene rings is 1. The molecule has 0 bridgehead atoms. The summed E-state index contributed by atoms with van der Waals surface area (Å²) in [4.78, 5) is 42.2. The predicted molar refractivity (Wildman–Crippen MR) is 102 cm³/mol. The molecular weight excluding hydrogens is 346 g/mol. The summed E-state index contributed by atoms with van der Waals surface area (Å²) in [6.45, 7) is 4.51. The second-order valence-corrected chi connectivity index (χ2v) is 7.05. The highest BCUT2D eigenvalue weighted by atomic mass is 16.5. The monoisotopic (exact) mass is 373 g/mol. The SMILES string of the molecule is CCCCC(=O)N1CCCN(C(=O)c2ccc3c(c2)N(C)C(=O)CO3)CC1. The molecule has 0 spiro atoms. The van der Waals surface area contributed by atoms with Gasteiger partial charge < -0.3 is 19.4 Å². The van der Waals surface area contributed by atoms with Crippen molar-refractivity contribution >= 4 is 23.4 Å². The van der Waals surface area contributed by atoms with Crippen LogP contribution in [0.5, 0.6) is 5.75 Å². The third kappa shape index (κ3) is 4.23. The summed E-state index contributed by atoms with van der Waals surface area (Å²) >= 11 is 0. The third-order valence-corrected chi connectivity index (χ3v) is 5.17. The first kappa shape index (κ1) is 19.2. The maximum Gasteiger partial charge on any atom is 0.264 e. The number of hydrogen-bond acceptors (Lipinski definition) is 4. The van der Waals surface area contributed by atoms with Crippen molar-refractivity contribution in [3.05, 3.63) is 23.8 Å². The molecule has 2 aliphatic heterocycles.